The van der Waals surface area contributed by atoms with Gasteiger partial charge in [-0.2, -0.15) is 13.2 Å². The molecule has 0 saturated heterocycles. The molecule has 5 nitrogen and oxygen atoms in total. The van der Waals surface area contributed by atoms with Gasteiger partial charge in [0.05, 0.1) is 18.7 Å². The smallest absolute Gasteiger partial charge is 0.416 e. The number of hydrogen-bond donors (Lipinski definition) is 2. The van der Waals surface area contributed by atoms with Crippen LogP contribution >= 0.6 is 0 Å². The van der Waals surface area contributed by atoms with Gasteiger partial charge in [-0.1, -0.05) is 6.07 Å². The molecule has 0 aromatic heterocycles. The van der Waals surface area contributed by atoms with E-state index in [1.54, 1.807) is 27.9 Å². The van der Waals surface area contributed by atoms with Crippen molar-refractivity contribution in [2.75, 3.05) is 13.7 Å². The van der Waals surface area contributed by atoms with Crippen molar-refractivity contribution in [2.24, 2.45) is 10.7 Å². The van der Waals surface area contributed by atoms with E-state index in [1.807, 2.05) is 6.92 Å². The average Bonchev–Trinajstić information content (AvgIpc) is 2.43. The van der Waals surface area contributed by atoms with Crippen LogP contribution in [0.2, 0.25) is 0 Å². The third kappa shape index (κ3) is 7.64. The molecular formula is C17H26F3N3O2. The van der Waals surface area contributed by atoms with Crippen LogP contribution in [0.1, 0.15) is 38.8 Å². The Hall–Kier alpha value is -1.96. The van der Waals surface area contributed by atoms with Gasteiger partial charge in [0, 0.05) is 13.2 Å². The van der Waals surface area contributed by atoms with Crippen LogP contribution < -0.4 is 15.8 Å². The van der Waals surface area contributed by atoms with E-state index in [-0.39, 0.29) is 29.9 Å². The number of alkyl halides is 3. The summed E-state index contributed by atoms with van der Waals surface area (Å²) < 4.78 is 50.4. The largest absolute Gasteiger partial charge is 0.488 e. The summed E-state index contributed by atoms with van der Waals surface area (Å²) in [6.07, 6.45) is -4.51. The van der Waals surface area contributed by atoms with Gasteiger partial charge in [-0.3, -0.25) is 0 Å². The maximum Gasteiger partial charge on any atom is 0.416 e. The second kappa shape index (κ2) is 8.42. The van der Waals surface area contributed by atoms with Crippen molar-refractivity contribution in [2.45, 2.75) is 52.1 Å². The first kappa shape index (κ1) is 21.1. The number of nitrogens with two attached hydrogens (primary N) is 1. The maximum absolute atomic E-state index is 13.3. The highest BCUT2D eigenvalue weighted by Gasteiger charge is 2.34. The molecule has 0 fully saturated rings. The average molecular weight is 361 g/mol. The number of nitrogens with zero attached hydrogens (tertiary/aromatic N) is 1. The highest BCUT2D eigenvalue weighted by atomic mass is 19.4. The lowest BCUT2D eigenvalue weighted by Crippen LogP contribution is -2.40. The number of halogens is 3. The molecule has 0 aliphatic heterocycles. The van der Waals surface area contributed by atoms with Crippen molar-refractivity contribution in [1.29, 1.82) is 0 Å². The van der Waals surface area contributed by atoms with Gasteiger partial charge >= 0.3 is 6.18 Å². The van der Waals surface area contributed by atoms with Crippen LogP contribution in [0.3, 0.4) is 0 Å². The van der Waals surface area contributed by atoms with Crippen LogP contribution in [0.5, 0.6) is 5.75 Å². The molecule has 8 heteroatoms. The van der Waals surface area contributed by atoms with Gasteiger partial charge in [0.1, 0.15) is 11.4 Å². The fourth-order valence-electron chi connectivity index (χ4n) is 2.13. The monoisotopic (exact) mass is 361 g/mol. The van der Waals surface area contributed by atoms with Gasteiger partial charge in [-0.05, 0) is 45.4 Å². The molecule has 3 N–H and O–H groups in total. The Balaban J connectivity index is 2.99. The number of aliphatic imine (C=N–C) groups is 1. The normalized spacial score (nSPS) is 14.3. The highest BCUT2D eigenvalue weighted by Crippen LogP contribution is 2.35. The fourth-order valence-corrected chi connectivity index (χ4v) is 2.13. The van der Waals surface area contributed by atoms with Crippen LogP contribution in [0.25, 0.3) is 0 Å². The molecule has 1 atom stereocenters. The van der Waals surface area contributed by atoms with Gasteiger partial charge in [0.2, 0.25) is 0 Å². The Morgan fingerprint density at radius 2 is 1.92 bits per heavy atom. The topological polar surface area (TPSA) is 68.9 Å². The molecule has 0 aliphatic carbocycles. The molecule has 0 bridgehead atoms. The third-order valence-corrected chi connectivity index (χ3v) is 3.04. The van der Waals surface area contributed by atoms with E-state index in [4.69, 9.17) is 15.2 Å². The first-order valence-electron chi connectivity index (χ1n) is 7.87. The summed E-state index contributed by atoms with van der Waals surface area (Å²) in [6.45, 7) is 7.35. The number of hydrogen-bond acceptors (Lipinski definition) is 3. The quantitative estimate of drug-likeness (QED) is 0.602. The number of ether oxygens (including phenoxy) is 2. The predicted molar refractivity (Wildman–Crippen MR) is 91.6 cm³/mol. The van der Waals surface area contributed by atoms with Crippen LogP contribution in [0.15, 0.2) is 23.2 Å². The molecule has 0 aliphatic rings. The van der Waals surface area contributed by atoms with Crippen molar-refractivity contribution < 1.29 is 22.6 Å². The van der Waals surface area contributed by atoms with E-state index in [1.165, 1.54) is 12.1 Å². The van der Waals surface area contributed by atoms with Crippen molar-refractivity contribution in [3.8, 4) is 5.75 Å². The Morgan fingerprint density at radius 3 is 2.44 bits per heavy atom. The second-order valence-corrected chi connectivity index (χ2v) is 6.73. The summed E-state index contributed by atoms with van der Waals surface area (Å²) in [5.41, 5.74) is 4.36. The van der Waals surface area contributed by atoms with E-state index in [9.17, 15) is 13.2 Å². The molecular weight excluding hydrogens is 335 g/mol. The third-order valence-electron chi connectivity index (χ3n) is 3.04. The van der Waals surface area contributed by atoms with Crippen LogP contribution in [-0.2, 0) is 17.5 Å². The number of methoxy groups -OCH3 is 1. The Labute approximate surface area is 146 Å². The summed E-state index contributed by atoms with van der Waals surface area (Å²) in [6, 6.07) is 3.76. The zero-order chi connectivity index (χ0) is 19.3. The molecule has 0 heterocycles. The number of guanidine groups is 1. The SMILES string of the molecule is COCC(C)NC(N)=NCc1ccc(OC(C)(C)C)cc1C(F)(F)F. The maximum atomic E-state index is 13.3. The van der Waals surface area contributed by atoms with E-state index in [0.717, 1.165) is 6.07 Å². The Morgan fingerprint density at radius 1 is 1.28 bits per heavy atom. The molecule has 0 amide bonds. The highest BCUT2D eigenvalue weighted by molar-refractivity contribution is 5.78. The van der Waals surface area contributed by atoms with Gasteiger partial charge in [0.15, 0.2) is 5.96 Å². The van der Waals surface area contributed by atoms with Gasteiger partial charge in [-0.25, -0.2) is 4.99 Å². The predicted octanol–water partition coefficient (Wildman–Crippen LogP) is 3.32. The van der Waals surface area contributed by atoms with Crippen molar-refractivity contribution in [3.05, 3.63) is 29.3 Å². The van der Waals surface area contributed by atoms with Crippen LogP contribution in [0, 0.1) is 0 Å². The van der Waals surface area contributed by atoms with Gasteiger partial charge < -0.3 is 20.5 Å². The molecule has 0 saturated carbocycles. The van der Waals surface area contributed by atoms with Crippen LogP contribution in [-0.4, -0.2) is 31.3 Å². The van der Waals surface area contributed by atoms with Gasteiger partial charge in [-0.15, -0.1) is 0 Å². The molecule has 1 unspecified atom stereocenters. The molecule has 25 heavy (non-hydrogen) atoms. The minimum absolute atomic E-state index is 0.0258. The minimum atomic E-state index is -4.51. The van der Waals surface area contributed by atoms with Crippen LogP contribution in [0.4, 0.5) is 13.2 Å². The summed E-state index contributed by atoms with van der Waals surface area (Å²) in [4.78, 5) is 3.98. The standard InChI is InChI=1S/C17H26F3N3O2/c1-11(10-24-5)23-15(21)22-9-12-6-7-13(25-16(2,3)4)8-14(12)17(18,19)20/h6-8,11H,9-10H2,1-5H3,(H3,21,22,23). The first-order chi connectivity index (χ1) is 11.4. The lowest BCUT2D eigenvalue weighted by Gasteiger charge is -2.22. The molecule has 0 spiro atoms. The van der Waals surface area contributed by atoms with Crippen molar-refractivity contribution in [3.63, 3.8) is 0 Å². The number of nitrogens with one attached hydrogen (secondary N) is 1. The fraction of sp³-hybridized carbons (Fsp3) is 0.588. The number of rotatable bonds is 6. The van der Waals surface area contributed by atoms with E-state index >= 15 is 0 Å². The van der Waals surface area contributed by atoms with Gasteiger partial charge in [0.25, 0.3) is 0 Å². The lowest BCUT2D eigenvalue weighted by atomic mass is 10.1. The molecule has 142 valence electrons. The molecule has 1 rings (SSSR count). The second-order valence-electron chi connectivity index (χ2n) is 6.73. The summed E-state index contributed by atoms with van der Waals surface area (Å²) >= 11 is 0. The summed E-state index contributed by atoms with van der Waals surface area (Å²) in [5.74, 6) is 0.222. The van der Waals surface area contributed by atoms with Crippen molar-refractivity contribution in [1.82, 2.24) is 5.32 Å². The lowest BCUT2D eigenvalue weighted by molar-refractivity contribution is -0.138. The summed E-state index contributed by atoms with van der Waals surface area (Å²) in [5, 5.41) is 2.85. The molecule has 1 aromatic carbocycles. The minimum Gasteiger partial charge on any atom is -0.488 e. The first-order valence-corrected chi connectivity index (χ1v) is 7.87. The zero-order valence-electron chi connectivity index (χ0n) is 15.2. The van der Waals surface area contributed by atoms with Crippen molar-refractivity contribution >= 4 is 5.96 Å². The van der Waals surface area contributed by atoms with E-state index in [2.05, 4.69) is 10.3 Å². The zero-order valence-corrected chi connectivity index (χ0v) is 15.2. The Bertz CT molecular complexity index is 596. The molecule has 1 aromatic rings. The van der Waals surface area contributed by atoms with E-state index in [0.29, 0.717) is 6.61 Å². The number of benzene rings is 1. The molecule has 0 radical (unpaired) electrons. The van der Waals surface area contributed by atoms with E-state index < -0.39 is 17.3 Å². The Kier molecular flexibility index (Phi) is 7.10. The summed E-state index contributed by atoms with van der Waals surface area (Å²) in [7, 11) is 1.54.